The van der Waals surface area contributed by atoms with Crippen LogP contribution in [0.4, 0.5) is 5.95 Å². The summed E-state index contributed by atoms with van der Waals surface area (Å²) >= 11 is 0. The van der Waals surface area contributed by atoms with Gasteiger partial charge in [0.15, 0.2) is 23.0 Å². The van der Waals surface area contributed by atoms with Crippen LogP contribution in [0.25, 0.3) is 0 Å². The topological polar surface area (TPSA) is 65.9 Å². The lowest BCUT2D eigenvalue weighted by Crippen LogP contribution is -3.00. The molecule has 0 atom stereocenters. The number of fused-ring (bicyclic) bond motifs is 2. The largest absolute Gasteiger partial charge is 1.00 e. The van der Waals surface area contributed by atoms with Crippen LogP contribution in [0.15, 0.2) is 54.9 Å². The normalized spacial score (nSPS) is 17.5. The molecule has 9 heteroatoms. The zero-order chi connectivity index (χ0) is 21.4. The number of anilines is 1. The fraction of sp³-hybridized carbons (Fsp3) is 0.333. The molecule has 0 amide bonds. The standard InChI is InChI=1S/C24H25N4O4.ClH/c1-6-25-24(26-7-1)27-8-10-28(11-9-27,14-18-2-4-20-22(12-18)31-16-29-20)15-19-3-5-21-23(13-19)32-17-30-21;/h1-7,12-13H,8-11,14-17H2;1H/q+1;/p-1. The summed E-state index contributed by atoms with van der Waals surface area (Å²) < 4.78 is 23.2. The van der Waals surface area contributed by atoms with E-state index in [1.165, 1.54) is 11.1 Å². The van der Waals surface area contributed by atoms with Crippen LogP contribution in [-0.2, 0) is 13.1 Å². The van der Waals surface area contributed by atoms with E-state index in [1.54, 1.807) is 12.4 Å². The molecule has 1 fully saturated rings. The van der Waals surface area contributed by atoms with Gasteiger partial charge in [0, 0.05) is 23.5 Å². The van der Waals surface area contributed by atoms with Crippen molar-refractivity contribution in [2.45, 2.75) is 13.1 Å². The fourth-order valence-corrected chi connectivity index (χ4v) is 4.77. The van der Waals surface area contributed by atoms with Gasteiger partial charge >= 0.3 is 0 Å². The van der Waals surface area contributed by atoms with E-state index in [-0.39, 0.29) is 12.4 Å². The Balaban J connectivity index is 0.00000228. The lowest BCUT2D eigenvalue weighted by Gasteiger charge is -2.45. The van der Waals surface area contributed by atoms with E-state index in [0.29, 0.717) is 13.6 Å². The second-order valence-electron chi connectivity index (χ2n) is 8.52. The number of nitrogens with zero attached hydrogens (tertiary/aromatic N) is 4. The molecule has 0 bridgehead atoms. The van der Waals surface area contributed by atoms with Crippen molar-refractivity contribution >= 4 is 5.95 Å². The van der Waals surface area contributed by atoms with Gasteiger partial charge in [-0.25, -0.2) is 9.97 Å². The van der Waals surface area contributed by atoms with Crippen LogP contribution in [0.3, 0.4) is 0 Å². The van der Waals surface area contributed by atoms with E-state index in [4.69, 9.17) is 18.9 Å². The fourth-order valence-electron chi connectivity index (χ4n) is 4.77. The molecule has 33 heavy (non-hydrogen) atoms. The van der Waals surface area contributed by atoms with E-state index in [9.17, 15) is 0 Å². The summed E-state index contributed by atoms with van der Waals surface area (Å²) in [4.78, 5) is 11.2. The van der Waals surface area contributed by atoms with Crippen molar-refractivity contribution in [3.8, 4) is 23.0 Å². The first-order chi connectivity index (χ1) is 15.8. The van der Waals surface area contributed by atoms with Gasteiger partial charge in [-0.2, -0.15) is 0 Å². The molecule has 0 N–H and O–H groups in total. The summed E-state index contributed by atoms with van der Waals surface area (Å²) in [5.41, 5.74) is 2.50. The first-order valence-electron chi connectivity index (χ1n) is 10.9. The Bertz CT molecular complexity index is 1060. The number of quaternary nitrogens is 1. The third-order valence-corrected chi connectivity index (χ3v) is 6.43. The van der Waals surface area contributed by atoms with Crippen LogP contribution in [0.2, 0.25) is 0 Å². The zero-order valence-electron chi connectivity index (χ0n) is 18.2. The average Bonchev–Trinajstić information content (AvgIpc) is 3.49. The molecule has 172 valence electrons. The lowest BCUT2D eigenvalue weighted by atomic mass is 10.1. The second-order valence-corrected chi connectivity index (χ2v) is 8.52. The zero-order valence-corrected chi connectivity index (χ0v) is 18.9. The van der Waals surface area contributed by atoms with Crippen molar-refractivity contribution < 1.29 is 35.8 Å². The maximum Gasteiger partial charge on any atom is 0.231 e. The van der Waals surface area contributed by atoms with Gasteiger partial charge in [0.2, 0.25) is 19.5 Å². The van der Waals surface area contributed by atoms with Gasteiger partial charge in [-0.3, -0.25) is 0 Å². The Morgan fingerprint density at radius 2 is 1.24 bits per heavy atom. The lowest BCUT2D eigenvalue weighted by molar-refractivity contribution is -0.954. The highest BCUT2D eigenvalue weighted by Gasteiger charge is 2.35. The predicted octanol–water partition coefficient (Wildman–Crippen LogP) is -0.0248. The molecule has 0 aliphatic carbocycles. The van der Waals surface area contributed by atoms with E-state index in [2.05, 4.69) is 39.1 Å². The summed E-state index contributed by atoms with van der Waals surface area (Å²) in [6.45, 7) is 6.19. The van der Waals surface area contributed by atoms with Crippen molar-refractivity contribution in [2.75, 3.05) is 44.7 Å². The summed E-state index contributed by atoms with van der Waals surface area (Å²) in [7, 11) is 0. The predicted molar refractivity (Wildman–Crippen MR) is 117 cm³/mol. The Labute approximate surface area is 198 Å². The molecule has 3 aliphatic rings. The molecule has 0 radical (unpaired) electrons. The molecule has 8 nitrogen and oxygen atoms in total. The Morgan fingerprint density at radius 3 is 1.79 bits per heavy atom. The SMILES string of the molecule is [Cl-].c1cnc(N2CC[N+](Cc3ccc4c(c3)OCO4)(Cc3ccc4c(c3)OCO4)CC2)nc1. The van der Waals surface area contributed by atoms with Gasteiger partial charge in [0.25, 0.3) is 0 Å². The van der Waals surface area contributed by atoms with Crippen molar-refractivity contribution in [1.29, 1.82) is 0 Å². The van der Waals surface area contributed by atoms with E-state index in [1.807, 2.05) is 18.2 Å². The number of benzene rings is 2. The molecular formula is C24H25ClN4O4. The van der Waals surface area contributed by atoms with Gasteiger partial charge in [-0.1, -0.05) is 0 Å². The number of piperazine rings is 1. The summed E-state index contributed by atoms with van der Waals surface area (Å²) in [6, 6.07) is 14.4. The molecule has 1 saturated heterocycles. The Morgan fingerprint density at radius 1 is 0.727 bits per heavy atom. The summed E-state index contributed by atoms with van der Waals surface area (Å²) in [5, 5.41) is 0. The first-order valence-corrected chi connectivity index (χ1v) is 10.9. The van der Waals surface area contributed by atoms with E-state index < -0.39 is 0 Å². The van der Waals surface area contributed by atoms with Gasteiger partial charge in [-0.05, 0) is 42.5 Å². The monoisotopic (exact) mass is 468 g/mol. The second kappa shape index (κ2) is 8.96. The highest BCUT2D eigenvalue weighted by molar-refractivity contribution is 5.45. The average molecular weight is 469 g/mol. The number of ether oxygens (including phenoxy) is 4. The molecule has 2 aromatic carbocycles. The Kier molecular flexibility index (Phi) is 5.86. The van der Waals surface area contributed by atoms with Crippen LogP contribution in [0.1, 0.15) is 11.1 Å². The van der Waals surface area contributed by atoms with Crippen molar-refractivity contribution in [3.63, 3.8) is 0 Å². The number of aromatic nitrogens is 2. The van der Waals surface area contributed by atoms with Crippen LogP contribution >= 0.6 is 0 Å². The molecule has 4 heterocycles. The van der Waals surface area contributed by atoms with Crippen molar-refractivity contribution in [2.24, 2.45) is 0 Å². The van der Waals surface area contributed by atoms with E-state index >= 15 is 0 Å². The molecule has 6 rings (SSSR count). The quantitative estimate of drug-likeness (QED) is 0.487. The van der Waals surface area contributed by atoms with Crippen LogP contribution in [0.5, 0.6) is 23.0 Å². The van der Waals surface area contributed by atoms with Gasteiger partial charge in [0.05, 0.1) is 26.2 Å². The minimum absolute atomic E-state index is 0. The number of hydrogen-bond acceptors (Lipinski definition) is 7. The minimum atomic E-state index is 0. The Hall–Kier alpha value is -3.23. The van der Waals surface area contributed by atoms with E-state index in [0.717, 1.165) is 72.7 Å². The number of halogens is 1. The maximum absolute atomic E-state index is 5.62. The molecule has 0 saturated carbocycles. The van der Waals surface area contributed by atoms with Crippen LogP contribution in [-0.4, -0.2) is 54.2 Å². The molecule has 1 aromatic heterocycles. The van der Waals surface area contributed by atoms with Gasteiger partial charge in [0.1, 0.15) is 13.1 Å². The van der Waals surface area contributed by atoms with Crippen molar-refractivity contribution in [1.82, 2.24) is 9.97 Å². The maximum atomic E-state index is 5.62. The molecule has 0 unspecified atom stereocenters. The minimum Gasteiger partial charge on any atom is -1.00 e. The third-order valence-electron chi connectivity index (χ3n) is 6.43. The number of rotatable bonds is 5. The van der Waals surface area contributed by atoms with Crippen molar-refractivity contribution in [3.05, 3.63) is 66.0 Å². The molecule has 0 spiro atoms. The van der Waals surface area contributed by atoms with Crippen LogP contribution < -0.4 is 36.3 Å². The smallest absolute Gasteiger partial charge is 0.231 e. The number of hydrogen-bond donors (Lipinski definition) is 0. The highest BCUT2D eigenvalue weighted by Crippen LogP contribution is 2.36. The molecule has 3 aromatic rings. The van der Waals surface area contributed by atoms with Gasteiger partial charge in [-0.15, -0.1) is 0 Å². The summed E-state index contributed by atoms with van der Waals surface area (Å²) in [5.74, 6) is 4.11. The van der Waals surface area contributed by atoms with Gasteiger partial charge < -0.3 is 40.7 Å². The summed E-state index contributed by atoms with van der Waals surface area (Å²) in [6.07, 6.45) is 3.61. The van der Waals surface area contributed by atoms with Crippen LogP contribution in [0, 0.1) is 0 Å². The highest BCUT2D eigenvalue weighted by atomic mass is 35.5. The molecule has 3 aliphatic heterocycles. The third kappa shape index (κ3) is 4.36. The molecular weight excluding hydrogens is 444 g/mol. The first kappa shape index (κ1) is 21.6.